The zero-order valence-electron chi connectivity index (χ0n) is 7.13. The summed E-state index contributed by atoms with van der Waals surface area (Å²) in [5.41, 5.74) is 0. The topological polar surface area (TPSA) is 64.9 Å². The molecule has 1 aromatic heterocycles. The molecule has 1 aromatic rings. The van der Waals surface area contributed by atoms with Crippen LogP contribution in [0.4, 0.5) is 4.79 Å². The number of nitriles is 1. The second kappa shape index (κ2) is 4.48. The molecule has 4 nitrogen and oxygen atoms in total. The van der Waals surface area contributed by atoms with E-state index in [0.29, 0.717) is 11.4 Å². The second-order valence-corrected chi connectivity index (χ2v) is 3.48. The van der Waals surface area contributed by atoms with Crippen LogP contribution >= 0.6 is 11.3 Å². The van der Waals surface area contributed by atoms with Gasteiger partial charge in [-0.3, -0.25) is 0 Å². The van der Waals surface area contributed by atoms with Crippen LogP contribution in [0.3, 0.4) is 0 Å². The molecule has 0 bridgehead atoms. The maximum absolute atomic E-state index is 10.8. The first-order valence-corrected chi connectivity index (χ1v) is 4.52. The van der Waals surface area contributed by atoms with E-state index in [1.54, 1.807) is 13.1 Å². The molecule has 0 aliphatic rings. The Bertz CT molecular complexity index is 339. The Hall–Kier alpha value is -1.54. The Morgan fingerprint density at radius 2 is 2.46 bits per heavy atom. The predicted octanol–water partition coefficient (Wildman–Crippen LogP) is 1.05. The average Bonchev–Trinajstić information content (AvgIpc) is 2.61. The summed E-state index contributed by atoms with van der Waals surface area (Å²) in [6.45, 7) is 0.464. The van der Waals surface area contributed by atoms with Crippen LogP contribution in [0.2, 0.25) is 0 Å². The SMILES string of the molecule is CNC(=O)NCc1ccc(C#N)s1. The van der Waals surface area contributed by atoms with Crippen molar-refractivity contribution in [2.24, 2.45) is 0 Å². The lowest BCUT2D eigenvalue weighted by molar-refractivity contribution is 0.242. The summed E-state index contributed by atoms with van der Waals surface area (Å²) in [6.07, 6.45) is 0. The van der Waals surface area contributed by atoms with E-state index in [2.05, 4.69) is 10.6 Å². The van der Waals surface area contributed by atoms with Crippen molar-refractivity contribution in [3.63, 3.8) is 0 Å². The summed E-state index contributed by atoms with van der Waals surface area (Å²) >= 11 is 1.38. The molecule has 0 spiro atoms. The molecule has 0 aliphatic heterocycles. The Morgan fingerprint density at radius 3 is 3.00 bits per heavy atom. The highest BCUT2D eigenvalue weighted by Crippen LogP contribution is 2.14. The van der Waals surface area contributed by atoms with Gasteiger partial charge in [0.25, 0.3) is 0 Å². The Kier molecular flexibility index (Phi) is 3.29. The zero-order chi connectivity index (χ0) is 9.68. The fourth-order valence-corrected chi connectivity index (χ4v) is 1.53. The molecule has 5 heteroatoms. The molecule has 0 saturated heterocycles. The number of carbonyl (C=O) groups is 1. The Labute approximate surface area is 80.2 Å². The zero-order valence-corrected chi connectivity index (χ0v) is 7.94. The van der Waals surface area contributed by atoms with Gasteiger partial charge in [0.05, 0.1) is 6.54 Å². The van der Waals surface area contributed by atoms with Crippen molar-refractivity contribution >= 4 is 17.4 Å². The first-order chi connectivity index (χ1) is 6.26. The monoisotopic (exact) mass is 195 g/mol. The highest BCUT2D eigenvalue weighted by Gasteiger charge is 2.00. The van der Waals surface area contributed by atoms with Crippen LogP contribution in [-0.4, -0.2) is 13.1 Å². The number of nitrogens with zero attached hydrogens (tertiary/aromatic N) is 1. The molecule has 13 heavy (non-hydrogen) atoms. The number of amides is 2. The summed E-state index contributed by atoms with van der Waals surface area (Å²) in [6, 6.07) is 5.40. The van der Waals surface area contributed by atoms with Crippen molar-refractivity contribution < 1.29 is 4.79 Å². The van der Waals surface area contributed by atoms with Crippen molar-refractivity contribution in [1.82, 2.24) is 10.6 Å². The summed E-state index contributed by atoms with van der Waals surface area (Å²) in [5, 5.41) is 13.6. The molecule has 1 heterocycles. The third-order valence-electron chi connectivity index (χ3n) is 1.42. The van der Waals surface area contributed by atoms with E-state index < -0.39 is 0 Å². The van der Waals surface area contributed by atoms with Crippen molar-refractivity contribution in [2.75, 3.05) is 7.05 Å². The number of thiophene rings is 1. The van der Waals surface area contributed by atoms with E-state index in [1.165, 1.54) is 11.3 Å². The minimum atomic E-state index is -0.216. The lowest BCUT2D eigenvalue weighted by atomic mass is 10.4. The van der Waals surface area contributed by atoms with Gasteiger partial charge >= 0.3 is 6.03 Å². The van der Waals surface area contributed by atoms with Crippen LogP contribution in [0.5, 0.6) is 0 Å². The van der Waals surface area contributed by atoms with E-state index >= 15 is 0 Å². The molecule has 0 fully saturated rings. The van der Waals surface area contributed by atoms with Crippen LogP contribution in [0.1, 0.15) is 9.75 Å². The largest absolute Gasteiger partial charge is 0.341 e. The molecule has 2 N–H and O–H groups in total. The van der Waals surface area contributed by atoms with Crippen LogP contribution < -0.4 is 10.6 Å². The van der Waals surface area contributed by atoms with Gasteiger partial charge in [-0.05, 0) is 12.1 Å². The fraction of sp³-hybridized carbons (Fsp3) is 0.250. The van der Waals surface area contributed by atoms with Crippen molar-refractivity contribution in [3.05, 3.63) is 21.9 Å². The summed E-state index contributed by atoms with van der Waals surface area (Å²) in [5.74, 6) is 0. The molecule has 0 saturated carbocycles. The molecule has 0 atom stereocenters. The van der Waals surface area contributed by atoms with Gasteiger partial charge in [0.15, 0.2) is 0 Å². The summed E-state index contributed by atoms with van der Waals surface area (Å²) in [7, 11) is 1.56. The van der Waals surface area contributed by atoms with Gasteiger partial charge in [0.2, 0.25) is 0 Å². The molecular weight excluding hydrogens is 186 g/mol. The summed E-state index contributed by atoms with van der Waals surface area (Å²) < 4.78 is 0. The third kappa shape index (κ3) is 2.76. The first-order valence-electron chi connectivity index (χ1n) is 3.70. The fourth-order valence-electron chi connectivity index (χ4n) is 0.789. The standard InChI is InChI=1S/C8H9N3OS/c1-10-8(12)11-5-7-3-2-6(4-9)13-7/h2-3H,5H2,1H3,(H2,10,11,12). The molecule has 0 radical (unpaired) electrons. The number of carbonyl (C=O) groups excluding carboxylic acids is 1. The number of nitrogens with one attached hydrogen (secondary N) is 2. The number of rotatable bonds is 2. The van der Waals surface area contributed by atoms with Gasteiger partial charge < -0.3 is 10.6 Å². The smallest absolute Gasteiger partial charge is 0.314 e. The minimum Gasteiger partial charge on any atom is -0.341 e. The molecular formula is C8H9N3OS. The predicted molar refractivity (Wildman–Crippen MR) is 50.3 cm³/mol. The first kappa shape index (κ1) is 9.55. The van der Waals surface area contributed by atoms with Crippen LogP contribution in [0, 0.1) is 11.3 Å². The molecule has 0 aliphatic carbocycles. The highest BCUT2D eigenvalue weighted by atomic mass is 32.1. The van der Waals surface area contributed by atoms with Crippen molar-refractivity contribution in [1.29, 1.82) is 5.26 Å². The normalized spacial score (nSPS) is 8.92. The Morgan fingerprint density at radius 1 is 1.69 bits per heavy atom. The van der Waals surface area contributed by atoms with Gasteiger partial charge in [-0.15, -0.1) is 11.3 Å². The van der Waals surface area contributed by atoms with E-state index in [0.717, 1.165) is 4.88 Å². The van der Waals surface area contributed by atoms with E-state index in [4.69, 9.17) is 5.26 Å². The van der Waals surface area contributed by atoms with Gasteiger partial charge in [-0.25, -0.2) is 4.79 Å². The number of urea groups is 1. The molecule has 0 unspecified atom stereocenters. The van der Waals surface area contributed by atoms with Gasteiger partial charge in [0, 0.05) is 11.9 Å². The summed E-state index contributed by atoms with van der Waals surface area (Å²) in [4.78, 5) is 12.4. The van der Waals surface area contributed by atoms with Crippen LogP contribution in [0.15, 0.2) is 12.1 Å². The number of hydrogen-bond donors (Lipinski definition) is 2. The minimum absolute atomic E-state index is 0.216. The van der Waals surface area contributed by atoms with Crippen molar-refractivity contribution in [2.45, 2.75) is 6.54 Å². The van der Waals surface area contributed by atoms with Gasteiger partial charge in [-0.1, -0.05) is 0 Å². The maximum atomic E-state index is 10.8. The lowest BCUT2D eigenvalue weighted by Gasteiger charge is -2.00. The second-order valence-electron chi connectivity index (χ2n) is 2.31. The molecule has 68 valence electrons. The Balaban J connectivity index is 2.46. The van der Waals surface area contributed by atoms with E-state index in [9.17, 15) is 4.79 Å². The molecule has 1 rings (SSSR count). The third-order valence-corrected chi connectivity index (χ3v) is 2.41. The van der Waals surface area contributed by atoms with Crippen LogP contribution in [0.25, 0.3) is 0 Å². The molecule has 2 amide bonds. The average molecular weight is 195 g/mol. The van der Waals surface area contributed by atoms with E-state index in [1.807, 2.05) is 12.1 Å². The van der Waals surface area contributed by atoms with Gasteiger partial charge in [-0.2, -0.15) is 5.26 Å². The van der Waals surface area contributed by atoms with Crippen molar-refractivity contribution in [3.8, 4) is 6.07 Å². The van der Waals surface area contributed by atoms with Gasteiger partial charge in [0.1, 0.15) is 10.9 Å². The highest BCUT2D eigenvalue weighted by molar-refractivity contribution is 7.12. The maximum Gasteiger partial charge on any atom is 0.314 e. The van der Waals surface area contributed by atoms with Crippen LogP contribution in [-0.2, 0) is 6.54 Å². The quantitative estimate of drug-likeness (QED) is 0.740. The number of hydrogen-bond acceptors (Lipinski definition) is 3. The lowest BCUT2D eigenvalue weighted by Crippen LogP contribution is -2.31. The molecule has 0 aromatic carbocycles. The van der Waals surface area contributed by atoms with E-state index in [-0.39, 0.29) is 6.03 Å².